The molecule has 0 saturated carbocycles. The number of anilines is 1. The average molecular weight is 404 g/mol. The minimum absolute atomic E-state index is 0.108. The molecule has 0 bridgehead atoms. The van der Waals surface area contributed by atoms with Crippen LogP contribution in [0.3, 0.4) is 0 Å². The largest absolute Gasteiger partial charge is 0.363 e. The zero-order valence-corrected chi connectivity index (χ0v) is 16.8. The Labute approximate surface area is 165 Å². The molecule has 150 valence electrons. The second-order valence-corrected chi connectivity index (χ2v) is 8.69. The second kappa shape index (κ2) is 8.26. The van der Waals surface area contributed by atoms with Gasteiger partial charge in [-0.15, -0.1) is 0 Å². The van der Waals surface area contributed by atoms with Gasteiger partial charge in [-0.25, -0.2) is 13.1 Å². The van der Waals surface area contributed by atoms with Gasteiger partial charge < -0.3 is 4.90 Å². The molecule has 1 saturated heterocycles. The number of sulfonamides is 1. The molecule has 0 unspecified atom stereocenters. The van der Waals surface area contributed by atoms with Crippen LogP contribution in [-0.2, 0) is 16.6 Å². The van der Waals surface area contributed by atoms with E-state index < -0.39 is 14.9 Å². The first-order chi connectivity index (χ1) is 13.3. The molecule has 1 heterocycles. The third-order valence-electron chi connectivity index (χ3n) is 5.09. The Balaban J connectivity index is 1.75. The van der Waals surface area contributed by atoms with Gasteiger partial charge >= 0.3 is 0 Å². The summed E-state index contributed by atoms with van der Waals surface area (Å²) in [5, 5.41) is 11.5. The van der Waals surface area contributed by atoms with E-state index in [0.717, 1.165) is 25.7 Å². The molecule has 0 amide bonds. The van der Waals surface area contributed by atoms with Crippen molar-refractivity contribution >= 4 is 21.4 Å². The van der Waals surface area contributed by atoms with Crippen LogP contribution in [0, 0.1) is 17.0 Å². The Bertz CT molecular complexity index is 970. The number of piperazine rings is 1. The van der Waals surface area contributed by atoms with Crippen LogP contribution >= 0.6 is 0 Å². The summed E-state index contributed by atoms with van der Waals surface area (Å²) in [7, 11) is -2.45. The van der Waals surface area contributed by atoms with Crippen molar-refractivity contribution in [2.45, 2.75) is 18.4 Å². The van der Waals surface area contributed by atoms with Gasteiger partial charge in [0.15, 0.2) is 0 Å². The summed E-state index contributed by atoms with van der Waals surface area (Å²) in [6, 6.07) is 12.3. The fourth-order valence-corrected chi connectivity index (χ4v) is 4.13. The number of nitro groups is 1. The van der Waals surface area contributed by atoms with Crippen LogP contribution in [0.15, 0.2) is 47.4 Å². The Morgan fingerprint density at radius 1 is 1.11 bits per heavy atom. The number of nitrogens with zero attached hydrogens (tertiary/aromatic N) is 3. The molecule has 0 aromatic heterocycles. The zero-order chi connectivity index (χ0) is 20.3. The highest BCUT2D eigenvalue weighted by Crippen LogP contribution is 2.31. The molecule has 9 heteroatoms. The van der Waals surface area contributed by atoms with Crippen LogP contribution in [0.2, 0.25) is 0 Å². The van der Waals surface area contributed by atoms with Gasteiger partial charge in [-0.05, 0) is 37.2 Å². The average Bonchev–Trinajstić information content (AvgIpc) is 2.70. The standard InChI is InChI=1S/C19H24N4O4S/c1-15-5-3-4-6-16(15)14-21-9-11-22(12-10-21)18-8-7-17(28(26,27)20-2)13-19(18)23(24)25/h3-8,13,20H,9-12,14H2,1-2H3. The molecule has 1 aliphatic rings. The number of hydrogen-bond acceptors (Lipinski definition) is 6. The highest BCUT2D eigenvalue weighted by atomic mass is 32.2. The topological polar surface area (TPSA) is 95.8 Å². The summed E-state index contributed by atoms with van der Waals surface area (Å²) in [5.74, 6) is 0. The molecule has 1 N–H and O–H groups in total. The van der Waals surface area contributed by atoms with E-state index in [-0.39, 0.29) is 10.6 Å². The van der Waals surface area contributed by atoms with Gasteiger partial charge in [0.05, 0.1) is 9.82 Å². The van der Waals surface area contributed by atoms with E-state index in [1.807, 2.05) is 17.0 Å². The fraction of sp³-hybridized carbons (Fsp3) is 0.368. The van der Waals surface area contributed by atoms with Crippen molar-refractivity contribution in [3.8, 4) is 0 Å². The first kappa shape index (κ1) is 20.2. The summed E-state index contributed by atoms with van der Waals surface area (Å²) in [4.78, 5) is 15.2. The monoisotopic (exact) mass is 404 g/mol. The summed E-state index contributed by atoms with van der Waals surface area (Å²) in [5.41, 5.74) is 2.80. The fourth-order valence-electron chi connectivity index (χ4n) is 3.38. The lowest BCUT2D eigenvalue weighted by Crippen LogP contribution is -2.46. The summed E-state index contributed by atoms with van der Waals surface area (Å²) < 4.78 is 26.1. The maximum atomic E-state index is 12.0. The van der Waals surface area contributed by atoms with Crippen LogP contribution in [0.25, 0.3) is 0 Å². The van der Waals surface area contributed by atoms with Crippen molar-refractivity contribution < 1.29 is 13.3 Å². The number of benzene rings is 2. The van der Waals surface area contributed by atoms with Gasteiger partial charge in [0.25, 0.3) is 5.69 Å². The van der Waals surface area contributed by atoms with E-state index >= 15 is 0 Å². The van der Waals surface area contributed by atoms with Crippen LogP contribution in [-0.4, -0.2) is 51.5 Å². The van der Waals surface area contributed by atoms with Gasteiger partial charge in [-0.1, -0.05) is 24.3 Å². The Hall–Kier alpha value is -2.49. The van der Waals surface area contributed by atoms with E-state index in [1.54, 1.807) is 0 Å². The van der Waals surface area contributed by atoms with Crippen molar-refractivity contribution in [3.05, 3.63) is 63.7 Å². The Morgan fingerprint density at radius 2 is 1.79 bits per heavy atom. The van der Waals surface area contributed by atoms with Crippen molar-refractivity contribution in [1.82, 2.24) is 9.62 Å². The van der Waals surface area contributed by atoms with Crippen molar-refractivity contribution in [2.75, 3.05) is 38.1 Å². The molecule has 8 nitrogen and oxygen atoms in total. The number of hydrogen-bond donors (Lipinski definition) is 1. The van der Waals surface area contributed by atoms with Crippen molar-refractivity contribution in [3.63, 3.8) is 0 Å². The molecule has 2 aromatic carbocycles. The summed E-state index contributed by atoms with van der Waals surface area (Å²) >= 11 is 0. The molecule has 3 rings (SSSR count). The lowest BCUT2D eigenvalue weighted by Gasteiger charge is -2.36. The smallest absolute Gasteiger partial charge is 0.293 e. The molecule has 0 radical (unpaired) electrons. The number of aryl methyl sites for hydroxylation is 1. The number of nitrogens with one attached hydrogen (secondary N) is 1. The van der Waals surface area contributed by atoms with Crippen LogP contribution in [0.5, 0.6) is 0 Å². The summed E-state index contributed by atoms with van der Waals surface area (Å²) in [6.45, 7) is 5.79. The maximum absolute atomic E-state index is 12.0. The van der Waals surface area contributed by atoms with Gasteiger partial charge in [-0.2, -0.15) is 0 Å². The Kier molecular flexibility index (Phi) is 5.97. The minimum atomic E-state index is -3.73. The first-order valence-corrected chi connectivity index (χ1v) is 10.5. The van der Waals surface area contributed by atoms with E-state index in [9.17, 15) is 18.5 Å². The van der Waals surface area contributed by atoms with Crippen molar-refractivity contribution in [1.29, 1.82) is 0 Å². The SMILES string of the molecule is CNS(=O)(=O)c1ccc(N2CCN(Cc3ccccc3C)CC2)c([N+](=O)[O-])c1. The van der Waals surface area contributed by atoms with Crippen LogP contribution in [0.4, 0.5) is 11.4 Å². The lowest BCUT2D eigenvalue weighted by molar-refractivity contribution is -0.384. The first-order valence-electron chi connectivity index (χ1n) is 9.05. The van der Waals surface area contributed by atoms with Gasteiger partial charge in [0.1, 0.15) is 5.69 Å². The van der Waals surface area contributed by atoms with Gasteiger partial charge in [-0.3, -0.25) is 15.0 Å². The quantitative estimate of drug-likeness (QED) is 0.585. The number of rotatable bonds is 6. The molecule has 0 atom stereocenters. The van der Waals surface area contributed by atoms with Crippen LogP contribution in [0.1, 0.15) is 11.1 Å². The minimum Gasteiger partial charge on any atom is -0.363 e. The molecule has 1 fully saturated rings. The predicted octanol–water partition coefficient (Wildman–Crippen LogP) is 2.13. The van der Waals surface area contributed by atoms with Crippen molar-refractivity contribution in [2.24, 2.45) is 0 Å². The third-order valence-corrected chi connectivity index (χ3v) is 6.50. The molecular formula is C19H24N4O4S. The molecule has 2 aromatic rings. The van der Waals surface area contributed by atoms with E-state index in [2.05, 4.69) is 28.7 Å². The van der Waals surface area contributed by atoms with Crippen LogP contribution < -0.4 is 9.62 Å². The van der Waals surface area contributed by atoms with Gasteiger partial charge in [0, 0.05) is 38.8 Å². The predicted molar refractivity (Wildman–Crippen MR) is 108 cm³/mol. The lowest BCUT2D eigenvalue weighted by atomic mass is 10.1. The maximum Gasteiger partial charge on any atom is 0.293 e. The van der Waals surface area contributed by atoms with E-state index in [1.165, 1.54) is 30.3 Å². The summed E-state index contributed by atoms with van der Waals surface area (Å²) in [6.07, 6.45) is 0. The number of nitro benzene ring substituents is 1. The molecule has 1 aliphatic heterocycles. The normalized spacial score (nSPS) is 15.6. The molecule has 28 heavy (non-hydrogen) atoms. The molecule has 0 aliphatic carbocycles. The van der Waals surface area contributed by atoms with E-state index in [0.29, 0.717) is 18.8 Å². The third kappa shape index (κ3) is 4.32. The highest BCUT2D eigenvalue weighted by Gasteiger charge is 2.26. The van der Waals surface area contributed by atoms with Gasteiger partial charge in [0.2, 0.25) is 10.0 Å². The zero-order valence-electron chi connectivity index (χ0n) is 16.0. The molecular weight excluding hydrogens is 380 g/mol. The Morgan fingerprint density at radius 3 is 2.39 bits per heavy atom. The second-order valence-electron chi connectivity index (χ2n) is 6.80. The molecule has 0 spiro atoms. The van der Waals surface area contributed by atoms with E-state index in [4.69, 9.17) is 0 Å². The highest BCUT2D eigenvalue weighted by molar-refractivity contribution is 7.89.